The fourth-order valence-corrected chi connectivity index (χ4v) is 9.34. The SMILES string of the molecule is C1=CC2c3ccccc3N(c3cccc(-c4ccc5c6ccccc6n(-c6ccccc6)c5c4)c3)C2C=C1c1cncc(-c2nc(-c3ccccc3)nc(-c3ccccc3)n2)c1. The molecule has 7 aromatic carbocycles. The van der Waals surface area contributed by atoms with Crippen molar-refractivity contribution in [2.45, 2.75) is 12.0 Å². The summed E-state index contributed by atoms with van der Waals surface area (Å²) in [5.74, 6) is 2.02. The van der Waals surface area contributed by atoms with Gasteiger partial charge in [0.25, 0.3) is 0 Å². The first-order valence-electron chi connectivity index (χ1n) is 21.0. The summed E-state index contributed by atoms with van der Waals surface area (Å²) < 4.78 is 2.38. The van der Waals surface area contributed by atoms with Gasteiger partial charge < -0.3 is 9.47 Å². The third-order valence-corrected chi connectivity index (χ3v) is 12.2. The minimum atomic E-state index is 0.0564. The molecule has 0 saturated carbocycles. The molecular weight excluding hydrogens is 757 g/mol. The van der Waals surface area contributed by atoms with Crippen LogP contribution in [0.15, 0.2) is 219 Å². The van der Waals surface area contributed by atoms with Crippen molar-refractivity contribution in [3.63, 3.8) is 0 Å². The van der Waals surface area contributed by atoms with E-state index in [1.807, 2.05) is 73.1 Å². The molecule has 0 bridgehead atoms. The van der Waals surface area contributed by atoms with Crippen LogP contribution in [0.4, 0.5) is 11.4 Å². The summed E-state index contributed by atoms with van der Waals surface area (Å²) in [6, 6.07) is 66.4. The number of hydrogen-bond donors (Lipinski definition) is 0. The number of fused-ring (bicyclic) bond motifs is 6. The molecule has 3 aromatic heterocycles. The van der Waals surface area contributed by atoms with E-state index in [4.69, 9.17) is 19.9 Å². The summed E-state index contributed by atoms with van der Waals surface area (Å²) in [5, 5.41) is 2.50. The highest BCUT2D eigenvalue weighted by Crippen LogP contribution is 2.49. The van der Waals surface area contributed by atoms with Crippen LogP contribution >= 0.6 is 0 Å². The van der Waals surface area contributed by atoms with Crippen molar-refractivity contribution in [3.05, 3.63) is 230 Å². The van der Waals surface area contributed by atoms with Crippen LogP contribution in [0.3, 0.4) is 0 Å². The van der Waals surface area contributed by atoms with Gasteiger partial charge in [0.1, 0.15) is 0 Å². The molecule has 2 unspecified atom stereocenters. The van der Waals surface area contributed by atoms with Gasteiger partial charge in [0.05, 0.1) is 17.1 Å². The zero-order valence-electron chi connectivity index (χ0n) is 33.6. The Morgan fingerprint density at radius 3 is 1.79 bits per heavy atom. The van der Waals surface area contributed by atoms with Crippen LogP contribution in [-0.4, -0.2) is 30.5 Å². The molecule has 0 N–H and O–H groups in total. The van der Waals surface area contributed by atoms with Gasteiger partial charge in [-0.25, -0.2) is 15.0 Å². The number of anilines is 2. The molecule has 6 nitrogen and oxygen atoms in total. The third kappa shape index (κ3) is 6.11. The first kappa shape index (κ1) is 35.7. The van der Waals surface area contributed by atoms with E-state index in [2.05, 4.69) is 155 Å². The van der Waals surface area contributed by atoms with Crippen molar-refractivity contribution in [2.75, 3.05) is 4.90 Å². The monoisotopic (exact) mass is 794 g/mol. The van der Waals surface area contributed by atoms with E-state index in [1.165, 1.54) is 44.2 Å². The van der Waals surface area contributed by atoms with E-state index in [-0.39, 0.29) is 12.0 Å². The molecule has 2 aliphatic rings. The lowest BCUT2D eigenvalue weighted by Gasteiger charge is -2.30. The number of aromatic nitrogens is 5. The molecule has 0 fully saturated rings. The van der Waals surface area contributed by atoms with Crippen LogP contribution < -0.4 is 4.90 Å². The number of hydrogen-bond acceptors (Lipinski definition) is 5. The molecular formula is C56H38N6. The Morgan fingerprint density at radius 2 is 1.02 bits per heavy atom. The van der Waals surface area contributed by atoms with E-state index in [0.717, 1.165) is 39.2 Å². The van der Waals surface area contributed by atoms with Gasteiger partial charge in [-0.2, -0.15) is 0 Å². The maximum absolute atomic E-state index is 4.99. The molecule has 0 amide bonds. The Hall–Kier alpha value is -8.22. The first-order valence-corrected chi connectivity index (χ1v) is 21.0. The number of rotatable bonds is 7. The van der Waals surface area contributed by atoms with E-state index >= 15 is 0 Å². The summed E-state index contributed by atoms with van der Waals surface area (Å²) in [7, 11) is 0. The Morgan fingerprint density at radius 1 is 0.419 bits per heavy atom. The van der Waals surface area contributed by atoms with Gasteiger partial charge in [0.15, 0.2) is 17.5 Å². The highest BCUT2D eigenvalue weighted by atomic mass is 15.2. The van der Waals surface area contributed by atoms with Crippen LogP contribution in [0.25, 0.3) is 78.4 Å². The molecule has 0 spiro atoms. The predicted octanol–water partition coefficient (Wildman–Crippen LogP) is 13.3. The second-order valence-corrected chi connectivity index (χ2v) is 15.9. The summed E-state index contributed by atoms with van der Waals surface area (Å²) >= 11 is 0. The molecule has 12 rings (SSSR count). The summed E-state index contributed by atoms with van der Waals surface area (Å²) in [6.45, 7) is 0. The van der Waals surface area contributed by atoms with E-state index in [0.29, 0.717) is 17.5 Å². The van der Waals surface area contributed by atoms with Gasteiger partial charge in [-0.3, -0.25) is 4.98 Å². The second kappa shape index (κ2) is 14.8. The Bertz CT molecular complexity index is 3310. The predicted molar refractivity (Wildman–Crippen MR) is 252 cm³/mol. The van der Waals surface area contributed by atoms with Gasteiger partial charge >= 0.3 is 0 Å². The van der Waals surface area contributed by atoms with Crippen LogP contribution in [0, 0.1) is 0 Å². The lowest BCUT2D eigenvalue weighted by molar-refractivity contribution is 0.747. The van der Waals surface area contributed by atoms with Gasteiger partial charge in [0, 0.05) is 68.4 Å². The zero-order valence-corrected chi connectivity index (χ0v) is 33.6. The van der Waals surface area contributed by atoms with E-state index < -0.39 is 0 Å². The molecule has 6 heteroatoms. The number of benzene rings is 7. The lowest BCUT2D eigenvalue weighted by atomic mass is 9.87. The molecule has 2 atom stereocenters. The van der Waals surface area contributed by atoms with Crippen molar-refractivity contribution in [1.29, 1.82) is 0 Å². The molecule has 62 heavy (non-hydrogen) atoms. The zero-order chi connectivity index (χ0) is 41.0. The highest BCUT2D eigenvalue weighted by molar-refractivity contribution is 6.10. The van der Waals surface area contributed by atoms with E-state index in [1.54, 1.807) is 0 Å². The Balaban J connectivity index is 0.930. The van der Waals surface area contributed by atoms with Crippen molar-refractivity contribution in [1.82, 2.24) is 24.5 Å². The lowest BCUT2D eigenvalue weighted by Crippen LogP contribution is -2.29. The summed E-state index contributed by atoms with van der Waals surface area (Å²) in [4.78, 5) is 22.1. The Labute approximate surface area is 359 Å². The minimum absolute atomic E-state index is 0.0564. The maximum Gasteiger partial charge on any atom is 0.165 e. The second-order valence-electron chi connectivity index (χ2n) is 15.9. The van der Waals surface area contributed by atoms with Gasteiger partial charge in [0.2, 0.25) is 0 Å². The maximum atomic E-state index is 4.99. The fourth-order valence-electron chi connectivity index (χ4n) is 9.34. The highest BCUT2D eigenvalue weighted by Gasteiger charge is 2.38. The Kier molecular flexibility index (Phi) is 8.52. The normalized spacial score (nSPS) is 15.4. The minimum Gasteiger partial charge on any atom is -0.333 e. The van der Waals surface area contributed by atoms with Gasteiger partial charge in [-0.05, 0) is 70.8 Å². The molecule has 0 saturated heterocycles. The topological polar surface area (TPSA) is 59.7 Å². The van der Waals surface area contributed by atoms with Crippen molar-refractivity contribution < 1.29 is 0 Å². The number of para-hydroxylation sites is 3. The van der Waals surface area contributed by atoms with Crippen molar-refractivity contribution in [3.8, 4) is 51.0 Å². The standard InChI is InChI=1S/C56H38N6/c1-4-15-37(16-5-1)54-58-55(38-17-6-2-7-18-38)60-56(59-54)43-31-42(35-57-36-43)41-28-30-49-47-24-11-13-26-51(47)62(53(49)34-41)45-22-14-19-39(32-45)40-27-29-48-46-23-10-12-25-50(46)61(52(48)33-40)44-20-8-3-9-21-44/h1-36,49,53H. The van der Waals surface area contributed by atoms with E-state index in [9.17, 15) is 0 Å². The molecule has 0 radical (unpaired) electrons. The molecule has 1 aliphatic carbocycles. The number of pyridine rings is 1. The number of nitrogens with zero attached hydrogens (tertiary/aromatic N) is 6. The summed E-state index contributed by atoms with van der Waals surface area (Å²) in [6.07, 6.45) is 10.8. The molecule has 4 heterocycles. The van der Waals surface area contributed by atoms with Crippen LogP contribution in [0.5, 0.6) is 0 Å². The van der Waals surface area contributed by atoms with Gasteiger partial charge in [-0.15, -0.1) is 0 Å². The van der Waals surface area contributed by atoms with Crippen LogP contribution in [0.2, 0.25) is 0 Å². The van der Waals surface area contributed by atoms with Crippen LogP contribution in [-0.2, 0) is 0 Å². The van der Waals surface area contributed by atoms with Crippen molar-refractivity contribution >= 4 is 38.8 Å². The molecule has 1 aliphatic heterocycles. The smallest absolute Gasteiger partial charge is 0.165 e. The summed E-state index contributed by atoms with van der Waals surface area (Å²) in [5.41, 5.74) is 14.4. The van der Waals surface area contributed by atoms with Crippen molar-refractivity contribution in [2.24, 2.45) is 0 Å². The number of allylic oxidation sites excluding steroid dienone is 2. The van der Waals surface area contributed by atoms with Crippen LogP contribution in [0.1, 0.15) is 17.0 Å². The van der Waals surface area contributed by atoms with Gasteiger partial charge in [-0.1, -0.05) is 158 Å². The molecule has 292 valence electrons. The average molecular weight is 795 g/mol. The fraction of sp³-hybridized carbons (Fsp3) is 0.0357. The first-order chi connectivity index (χ1) is 30.7. The quantitative estimate of drug-likeness (QED) is 0.161. The average Bonchev–Trinajstić information content (AvgIpc) is 3.87. The largest absolute Gasteiger partial charge is 0.333 e. The third-order valence-electron chi connectivity index (χ3n) is 12.2. The molecule has 10 aromatic rings.